The number of esters is 1. The molecular weight excluding hydrogens is 246 g/mol. The van der Waals surface area contributed by atoms with Gasteiger partial charge in [-0.3, -0.25) is 10.1 Å². The van der Waals surface area contributed by atoms with E-state index < -0.39 is 10.9 Å². The first-order valence-electron chi connectivity index (χ1n) is 4.77. The Morgan fingerprint density at radius 2 is 2.00 bits per heavy atom. The summed E-state index contributed by atoms with van der Waals surface area (Å²) in [5.41, 5.74) is 0.207. The highest BCUT2D eigenvalue weighted by Gasteiger charge is 2.09. The van der Waals surface area contributed by atoms with Crippen molar-refractivity contribution < 1.29 is 14.5 Å². The number of benzene rings is 1. The SMILES string of the molecule is O=C(OC/C=C\CCl)c1ccc([N+](=O)[O-])cc1. The zero-order chi connectivity index (χ0) is 12.7. The van der Waals surface area contributed by atoms with Crippen LogP contribution in [0, 0.1) is 10.1 Å². The molecule has 90 valence electrons. The summed E-state index contributed by atoms with van der Waals surface area (Å²) in [4.78, 5) is 21.3. The zero-order valence-electron chi connectivity index (χ0n) is 8.84. The number of non-ortho nitro benzene ring substituents is 1. The maximum absolute atomic E-state index is 11.4. The second-order valence-electron chi connectivity index (χ2n) is 3.03. The summed E-state index contributed by atoms with van der Waals surface area (Å²) in [5, 5.41) is 10.4. The fourth-order valence-electron chi connectivity index (χ4n) is 1.06. The van der Waals surface area contributed by atoms with Crippen molar-refractivity contribution in [3.05, 3.63) is 52.1 Å². The minimum absolute atomic E-state index is 0.0661. The number of carbonyl (C=O) groups excluding carboxylic acids is 1. The molecule has 0 aliphatic rings. The normalized spacial score (nSPS) is 10.4. The Hall–Kier alpha value is -1.88. The van der Waals surface area contributed by atoms with Crippen LogP contribution in [0.5, 0.6) is 0 Å². The monoisotopic (exact) mass is 255 g/mol. The topological polar surface area (TPSA) is 69.4 Å². The van der Waals surface area contributed by atoms with Crippen LogP contribution in [0.2, 0.25) is 0 Å². The van der Waals surface area contributed by atoms with Crippen LogP contribution < -0.4 is 0 Å². The summed E-state index contributed by atoms with van der Waals surface area (Å²) in [7, 11) is 0. The van der Waals surface area contributed by atoms with Gasteiger partial charge in [-0.05, 0) is 12.1 Å². The maximum Gasteiger partial charge on any atom is 0.338 e. The van der Waals surface area contributed by atoms with Crippen LogP contribution >= 0.6 is 11.6 Å². The van der Waals surface area contributed by atoms with E-state index in [2.05, 4.69) is 0 Å². The molecule has 0 aromatic heterocycles. The molecule has 0 heterocycles. The number of ether oxygens (including phenoxy) is 1. The summed E-state index contributed by atoms with van der Waals surface area (Å²) in [6.45, 7) is 0.128. The molecule has 0 aliphatic carbocycles. The highest BCUT2D eigenvalue weighted by Crippen LogP contribution is 2.12. The number of halogens is 1. The summed E-state index contributed by atoms with van der Waals surface area (Å²) in [6, 6.07) is 5.22. The number of alkyl halides is 1. The van der Waals surface area contributed by atoms with Gasteiger partial charge < -0.3 is 4.74 Å². The van der Waals surface area contributed by atoms with Gasteiger partial charge in [0, 0.05) is 18.0 Å². The number of rotatable bonds is 5. The molecule has 0 radical (unpaired) electrons. The smallest absolute Gasteiger partial charge is 0.338 e. The molecule has 0 atom stereocenters. The average Bonchev–Trinajstić information content (AvgIpc) is 2.34. The van der Waals surface area contributed by atoms with Crippen molar-refractivity contribution in [3.63, 3.8) is 0 Å². The summed E-state index contributed by atoms with van der Waals surface area (Å²) in [6.07, 6.45) is 3.28. The molecule has 0 saturated carbocycles. The average molecular weight is 256 g/mol. The molecule has 0 N–H and O–H groups in total. The fraction of sp³-hybridized carbons (Fsp3) is 0.182. The predicted molar refractivity (Wildman–Crippen MR) is 63.2 cm³/mol. The van der Waals surface area contributed by atoms with E-state index in [0.29, 0.717) is 5.88 Å². The van der Waals surface area contributed by atoms with E-state index in [1.165, 1.54) is 24.3 Å². The van der Waals surface area contributed by atoms with E-state index in [-0.39, 0.29) is 17.9 Å². The first-order chi connectivity index (χ1) is 8.15. The van der Waals surface area contributed by atoms with E-state index in [4.69, 9.17) is 16.3 Å². The van der Waals surface area contributed by atoms with E-state index >= 15 is 0 Å². The molecule has 1 aromatic carbocycles. The Morgan fingerprint density at radius 1 is 1.35 bits per heavy atom. The van der Waals surface area contributed by atoms with Crippen LogP contribution in [0.4, 0.5) is 5.69 Å². The van der Waals surface area contributed by atoms with Gasteiger partial charge in [0.05, 0.1) is 10.5 Å². The highest BCUT2D eigenvalue weighted by molar-refractivity contribution is 6.18. The Labute approximate surface area is 103 Å². The van der Waals surface area contributed by atoms with Gasteiger partial charge in [-0.25, -0.2) is 4.79 Å². The largest absolute Gasteiger partial charge is 0.458 e. The van der Waals surface area contributed by atoms with Crippen LogP contribution in [-0.4, -0.2) is 23.4 Å². The van der Waals surface area contributed by atoms with Crippen molar-refractivity contribution in [1.29, 1.82) is 0 Å². The van der Waals surface area contributed by atoms with Crippen molar-refractivity contribution >= 4 is 23.3 Å². The van der Waals surface area contributed by atoms with Crippen LogP contribution in [0.3, 0.4) is 0 Å². The van der Waals surface area contributed by atoms with Crippen LogP contribution in [0.25, 0.3) is 0 Å². The number of hydrogen-bond acceptors (Lipinski definition) is 4. The molecule has 17 heavy (non-hydrogen) atoms. The van der Waals surface area contributed by atoms with Crippen molar-refractivity contribution in [3.8, 4) is 0 Å². The zero-order valence-corrected chi connectivity index (χ0v) is 9.59. The first kappa shape index (κ1) is 13.2. The van der Waals surface area contributed by atoms with Gasteiger partial charge in [-0.15, -0.1) is 11.6 Å². The lowest BCUT2D eigenvalue weighted by atomic mass is 10.2. The molecule has 1 aromatic rings. The number of hydrogen-bond donors (Lipinski definition) is 0. The molecule has 0 bridgehead atoms. The lowest BCUT2D eigenvalue weighted by molar-refractivity contribution is -0.384. The number of nitro benzene ring substituents is 1. The van der Waals surface area contributed by atoms with E-state index in [1.54, 1.807) is 12.2 Å². The third kappa shape index (κ3) is 4.24. The van der Waals surface area contributed by atoms with E-state index in [9.17, 15) is 14.9 Å². The lowest BCUT2D eigenvalue weighted by Crippen LogP contribution is -2.05. The van der Waals surface area contributed by atoms with Gasteiger partial charge in [0.2, 0.25) is 0 Å². The third-order valence-corrected chi connectivity index (χ3v) is 2.06. The van der Waals surface area contributed by atoms with Crippen molar-refractivity contribution in [2.75, 3.05) is 12.5 Å². The van der Waals surface area contributed by atoms with Crippen molar-refractivity contribution in [2.45, 2.75) is 0 Å². The van der Waals surface area contributed by atoms with Crippen LogP contribution in [-0.2, 0) is 4.74 Å². The highest BCUT2D eigenvalue weighted by atomic mass is 35.5. The Bertz CT molecular complexity index is 428. The van der Waals surface area contributed by atoms with Gasteiger partial charge in [-0.2, -0.15) is 0 Å². The minimum atomic E-state index is -0.529. The number of nitro groups is 1. The summed E-state index contributed by atoms with van der Waals surface area (Å²) in [5.74, 6) is -0.172. The fourth-order valence-corrected chi connectivity index (χ4v) is 1.18. The standard InChI is InChI=1S/C11H10ClNO4/c12-7-1-2-8-17-11(14)9-3-5-10(6-4-9)13(15)16/h1-6H,7-8H2/b2-1-. The summed E-state index contributed by atoms with van der Waals surface area (Å²) >= 11 is 5.39. The molecule has 0 unspecified atom stereocenters. The van der Waals surface area contributed by atoms with Gasteiger partial charge in [0.25, 0.3) is 5.69 Å². The second kappa shape index (κ2) is 6.65. The lowest BCUT2D eigenvalue weighted by Gasteiger charge is -2.01. The van der Waals surface area contributed by atoms with Gasteiger partial charge >= 0.3 is 5.97 Å². The molecule has 0 spiro atoms. The Kier molecular flexibility index (Phi) is 5.16. The first-order valence-corrected chi connectivity index (χ1v) is 5.31. The molecule has 5 nitrogen and oxygen atoms in total. The van der Waals surface area contributed by atoms with Gasteiger partial charge in [0.15, 0.2) is 0 Å². The molecule has 6 heteroatoms. The van der Waals surface area contributed by atoms with Crippen molar-refractivity contribution in [1.82, 2.24) is 0 Å². The number of carbonyl (C=O) groups is 1. The van der Waals surface area contributed by atoms with E-state index in [0.717, 1.165) is 0 Å². The number of allylic oxidation sites excluding steroid dienone is 1. The maximum atomic E-state index is 11.4. The third-order valence-electron chi connectivity index (χ3n) is 1.88. The molecule has 1 rings (SSSR count). The van der Waals surface area contributed by atoms with E-state index in [1.807, 2.05) is 0 Å². The Balaban J connectivity index is 2.57. The van der Waals surface area contributed by atoms with Gasteiger partial charge in [-0.1, -0.05) is 12.2 Å². The molecule has 0 saturated heterocycles. The number of nitrogens with zero attached hydrogens (tertiary/aromatic N) is 1. The quantitative estimate of drug-likeness (QED) is 0.267. The minimum Gasteiger partial charge on any atom is -0.458 e. The predicted octanol–water partition coefficient (Wildman–Crippen LogP) is 2.55. The van der Waals surface area contributed by atoms with Crippen molar-refractivity contribution in [2.24, 2.45) is 0 Å². The van der Waals surface area contributed by atoms with Crippen LogP contribution in [0.15, 0.2) is 36.4 Å². The molecular formula is C11H10ClNO4. The Morgan fingerprint density at radius 3 is 2.53 bits per heavy atom. The molecule has 0 fully saturated rings. The molecule has 0 aliphatic heterocycles. The van der Waals surface area contributed by atoms with Gasteiger partial charge in [0.1, 0.15) is 6.61 Å². The molecule has 0 amide bonds. The van der Waals surface area contributed by atoms with Crippen LogP contribution in [0.1, 0.15) is 10.4 Å². The summed E-state index contributed by atoms with van der Waals surface area (Å²) < 4.78 is 4.88. The second-order valence-corrected chi connectivity index (χ2v) is 3.34.